The first-order valence-corrected chi connectivity index (χ1v) is 11.5. The minimum Gasteiger partial charge on any atom is -0.326 e. The number of carbonyl (C=O) groups excluding carboxylic acids is 1. The average molecular weight is 422 g/mol. The normalized spacial score (nSPS) is 11.7. The number of nitrogens with one attached hydrogen (secondary N) is 2. The summed E-state index contributed by atoms with van der Waals surface area (Å²) in [5.74, 6) is -0.200. The molecule has 0 aliphatic heterocycles. The van der Waals surface area contributed by atoms with Gasteiger partial charge in [-0.2, -0.15) is 0 Å². The molecule has 2 aromatic heterocycles. The van der Waals surface area contributed by atoms with Gasteiger partial charge < -0.3 is 5.32 Å². The molecule has 0 bridgehead atoms. The molecule has 3 rings (SSSR count). The lowest BCUT2D eigenvalue weighted by atomic mass is 10.3. The Labute approximate surface area is 166 Å². The monoisotopic (exact) mass is 421 g/mol. The van der Waals surface area contributed by atoms with Crippen LogP contribution in [0.5, 0.6) is 0 Å². The Bertz CT molecular complexity index is 1010. The Morgan fingerprint density at radius 1 is 1.15 bits per heavy atom. The Morgan fingerprint density at radius 3 is 2.52 bits per heavy atom. The highest BCUT2D eigenvalue weighted by molar-refractivity contribution is 7.89. The number of rotatable bonds is 7. The van der Waals surface area contributed by atoms with E-state index in [0.29, 0.717) is 11.4 Å². The predicted octanol–water partition coefficient (Wildman–Crippen LogP) is 3.74. The Kier molecular flexibility index (Phi) is 6.05. The number of benzene rings is 1. The molecule has 9 heteroatoms. The Hall–Kier alpha value is -2.07. The first-order chi connectivity index (χ1) is 12.8. The van der Waals surface area contributed by atoms with Gasteiger partial charge in [-0.3, -0.25) is 4.79 Å². The van der Waals surface area contributed by atoms with Crippen molar-refractivity contribution in [2.24, 2.45) is 0 Å². The summed E-state index contributed by atoms with van der Waals surface area (Å²) in [6.07, 6.45) is 0.164. The summed E-state index contributed by atoms with van der Waals surface area (Å²) in [6.45, 7) is 3.52. The summed E-state index contributed by atoms with van der Waals surface area (Å²) in [4.78, 5) is 18.0. The van der Waals surface area contributed by atoms with Crippen LogP contribution in [0.3, 0.4) is 0 Å². The largest absolute Gasteiger partial charge is 0.326 e. The minimum atomic E-state index is -3.54. The molecule has 0 aliphatic rings. The number of hydrogen-bond donors (Lipinski definition) is 2. The zero-order valence-electron chi connectivity index (χ0n) is 14.8. The van der Waals surface area contributed by atoms with Crippen LogP contribution in [-0.2, 0) is 21.2 Å². The molecule has 0 saturated heterocycles. The summed E-state index contributed by atoms with van der Waals surface area (Å²) in [5, 5.41) is 7.54. The van der Waals surface area contributed by atoms with Crippen LogP contribution in [0.2, 0.25) is 0 Å². The molecule has 0 radical (unpaired) electrons. The highest BCUT2D eigenvalue weighted by Gasteiger charge is 2.15. The predicted molar refractivity (Wildman–Crippen MR) is 110 cm³/mol. The molecule has 0 saturated carbocycles. The molecule has 0 aliphatic carbocycles. The van der Waals surface area contributed by atoms with Crippen molar-refractivity contribution in [1.29, 1.82) is 0 Å². The number of hydrogen-bond acceptors (Lipinski definition) is 6. The third kappa shape index (κ3) is 5.23. The lowest BCUT2D eigenvalue weighted by Gasteiger charge is -2.10. The van der Waals surface area contributed by atoms with E-state index in [1.54, 1.807) is 37.3 Å². The van der Waals surface area contributed by atoms with E-state index in [1.807, 2.05) is 22.9 Å². The number of nitrogens with zero attached hydrogens (tertiary/aromatic N) is 1. The zero-order valence-corrected chi connectivity index (χ0v) is 17.2. The van der Waals surface area contributed by atoms with Crippen LogP contribution in [0.4, 0.5) is 5.69 Å². The summed E-state index contributed by atoms with van der Waals surface area (Å²) >= 11 is 3.12. The van der Waals surface area contributed by atoms with Crippen molar-refractivity contribution in [3.05, 3.63) is 52.9 Å². The van der Waals surface area contributed by atoms with Crippen molar-refractivity contribution in [2.45, 2.75) is 31.2 Å². The van der Waals surface area contributed by atoms with E-state index in [2.05, 4.69) is 15.0 Å². The second kappa shape index (κ2) is 8.30. The minimum absolute atomic E-state index is 0.161. The van der Waals surface area contributed by atoms with E-state index in [9.17, 15) is 13.2 Å². The van der Waals surface area contributed by atoms with Crippen LogP contribution >= 0.6 is 22.7 Å². The van der Waals surface area contributed by atoms with E-state index in [4.69, 9.17) is 0 Å². The fraction of sp³-hybridized carbons (Fsp3) is 0.222. The van der Waals surface area contributed by atoms with Crippen LogP contribution in [0.1, 0.15) is 19.5 Å². The van der Waals surface area contributed by atoms with Crippen LogP contribution < -0.4 is 10.0 Å². The van der Waals surface area contributed by atoms with Crippen LogP contribution in [-0.4, -0.2) is 25.4 Å². The molecule has 0 spiro atoms. The first kappa shape index (κ1) is 19.7. The smallest absolute Gasteiger partial charge is 0.240 e. The molecule has 3 aromatic rings. The van der Waals surface area contributed by atoms with Crippen molar-refractivity contribution in [2.75, 3.05) is 5.32 Å². The van der Waals surface area contributed by atoms with Gasteiger partial charge in [-0.15, -0.1) is 22.7 Å². The number of sulfonamides is 1. The van der Waals surface area contributed by atoms with Crippen molar-refractivity contribution in [3.8, 4) is 9.88 Å². The van der Waals surface area contributed by atoms with Gasteiger partial charge in [0.15, 0.2) is 0 Å². The molecule has 6 nitrogen and oxygen atoms in total. The molecule has 2 N–H and O–H groups in total. The van der Waals surface area contributed by atoms with Gasteiger partial charge in [-0.1, -0.05) is 6.07 Å². The van der Waals surface area contributed by atoms with Gasteiger partial charge in [0.25, 0.3) is 0 Å². The standard InChI is InChI=1S/C18H19N3O3S3/c1-12(2)21-27(23,24)15-7-5-13(6-8-15)19-17(22)10-14-11-26-18(20-14)16-4-3-9-25-16/h3-9,11-12,21H,10H2,1-2H3,(H,19,22). The lowest BCUT2D eigenvalue weighted by molar-refractivity contribution is -0.115. The molecule has 0 unspecified atom stereocenters. The van der Waals surface area contributed by atoms with E-state index in [0.717, 1.165) is 9.88 Å². The molecular formula is C18H19N3O3S3. The van der Waals surface area contributed by atoms with E-state index >= 15 is 0 Å². The SMILES string of the molecule is CC(C)NS(=O)(=O)c1ccc(NC(=O)Cc2csc(-c3cccs3)n2)cc1. The molecular weight excluding hydrogens is 402 g/mol. The third-order valence-corrected chi connectivity index (χ3v) is 7.07. The zero-order chi connectivity index (χ0) is 19.4. The van der Waals surface area contributed by atoms with Gasteiger partial charge >= 0.3 is 0 Å². The summed E-state index contributed by atoms with van der Waals surface area (Å²) < 4.78 is 26.7. The quantitative estimate of drug-likeness (QED) is 0.608. The summed E-state index contributed by atoms with van der Waals surface area (Å²) in [7, 11) is -3.54. The molecule has 1 aromatic carbocycles. The molecule has 27 heavy (non-hydrogen) atoms. The summed E-state index contributed by atoms with van der Waals surface area (Å²) in [5.41, 5.74) is 1.25. The van der Waals surface area contributed by atoms with Crippen LogP contribution in [0.15, 0.2) is 52.1 Å². The van der Waals surface area contributed by atoms with E-state index in [-0.39, 0.29) is 23.3 Å². The van der Waals surface area contributed by atoms with E-state index in [1.165, 1.54) is 23.5 Å². The number of aromatic nitrogens is 1. The Balaban J connectivity index is 1.61. The number of thiophene rings is 1. The first-order valence-electron chi connectivity index (χ1n) is 8.24. The van der Waals surface area contributed by atoms with Gasteiger partial charge in [0.05, 0.1) is 21.9 Å². The maximum Gasteiger partial charge on any atom is 0.240 e. The molecule has 0 atom stereocenters. The van der Waals surface area contributed by atoms with Crippen LogP contribution in [0, 0.1) is 0 Å². The lowest BCUT2D eigenvalue weighted by Crippen LogP contribution is -2.30. The number of anilines is 1. The highest BCUT2D eigenvalue weighted by atomic mass is 32.2. The van der Waals surface area contributed by atoms with Gasteiger partial charge in [0.1, 0.15) is 5.01 Å². The van der Waals surface area contributed by atoms with Gasteiger partial charge in [-0.25, -0.2) is 18.1 Å². The third-order valence-electron chi connectivity index (χ3n) is 3.46. The van der Waals surface area contributed by atoms with Gasteiger partial charge in [0.2, 0.25) is 15.9 Å². The topological polar surface area (TPSA) is 88.2 Å². The van der Waals surface area contributed by atoms with Crippen molar-refractivity contribution in [3.63, 3.8) is 0 Å². The fourth-order valence-electron chi connectivity index (χ4n) is 2.37. The fourth-order valence-corrected chi connectivity index (χ4v) is 5.25. The molecule has 142 valence electrons. The summed E-state index contributed by atoms with van der Waals surface area (Å²) in [6, 6.07) is 9.86. The maximum absolute atomic E-state index is 12.2. The second-order valence-electron chi connectivity index (χ2n) is 6.15. The Morgan fingerprint density at radius 2 is 1.89 bits per heavy atom. The van der Waals surface area contributed by atoms with Crippen LogP contribution in [0.25, 0.3) is 9.88 Å². The molecule has 0 fully saturated rings. The molecule has 2 heterocycles. The highest BCUT2D eigenvalue weighted by Crippen LogP contribution is 2.28. The number of carbonyl (C=O) groups is 1. The van der Waals surface area contributed by atoms with Crippen molar-refractivity contribution in [1.82, 2.24) is 9.71 Å². The molecule has 1 amide bonds. The second-order valence-corrected chi connectivity index (χ2v) is 9.67. The maximum atomic E-state index is 12.2. The average Bonchev–Trinajstić information content (AvgIpc) is 3.25. The van der Waals surface area contributed by atoms with Gasteiger partial charge in [-0.05, 0) is 49.6 Å². The van der Waals surface area contributed by atoms with Crippen molar-refractivity contribution >= 4 is 44.3 Å². The van der Waals surface area contributed by atoms with Gasteiger partial charge in [0, 0.05) is 17.1 Å². The number of thiazole rings is 1. The number of amides is 1. The van der Waals surface area contributed by atoms with E-state index < -0.39 is 10.0 Å². The van der Waals surface area contributed by atoms with Crippen molar-refractivity contribution < 1.29 is 13.2 Å².